The topological polar surface area (TPSA) is 59.1 Å². The zero-order valence-electron chi connectivity index (χ0n) is 9.09. The average Bonchev–Trinajstić information content (AvgIpc) is 2.85. The summed E-state index contributed by atoms with van der Waals surface area (Å²) in [5, 5.41) is 6.33. The highest BCUT2D eigenvalue weighted by Gasteiger charge is 2.28. The van der Waals surface area contributed by atoms with Crippen LogP contribution in [0.15, 0.2) is 23.7 Å². The van der Waals surface area contributed by atoms with E-state index in [-0.39, 0.29) is 17.5 Å². The van der Waals surface area contributed by atoms with Gasteiger partial charge >= 0.3 is 0 Å². The summed E-state index contributed by atoms with van der Waals surface area (Å²) in [4.78, 5) is 4.29. The molecule has 0 bridgehead atoms. The van der Waals surface area contributed by atoms with Crippen molar-refractivity contribution in [3.63, 3.8) is 0 Å². The van der Waals surface area contributed by atoms with E-state index in [0.717, 1.165) is 11.2 Å². The van der Waals surface area contributed by atoms with Gasteiger partial charge < -0.3 is 5.32 Å². The Bertz CT molecular complexity index is 648. The van der Waals surface area contributed by atoms with Crippen LogP contribution >= 0.6 is 11.3 Å². The maximum Gasteiger partial charge on any atom is 0.152 e. The summed E-state index contributed by atoms with van der Waals surface area (Å²) in [5.41, 5.74) is 0. The number of fused-ring (bicyclic) bond motifs is 1. The van der Waals surface area contributed by atoms with Crippen LogP contribution in [0.4, 0.5) is 5.82 Å². The van der Waals surface area contributed by atoms with E-state index in [2.05, 4.69) is 10.3 Å². The van der Waals surface area contributed by atoms with Crippen LogP contribution in [0.5, 0.6) is 0 Å². The molecule has 4 nitrogen and oxygen atoms in total. The van der Waals surface area contributed by atoms with Crippen LogP contribution in [-0.4, -0.2) is 30.9 Å². The van der Waals surface area contributed by atoms with Crippen LogP contribution in [0.2, 0.25) is 0 Å². The maximum atomic E-state index is 11.4. The third kappa shape index (κ3) is 2.14. The SMILES string of the molecule is O=S1(=O)CCC(Nc2nccc3sccc23)C1. The normalized spacial score (nSPS) is 22.9. The Balaban J connectivity index is 1.88. The third-order valence-electron chi connectivity index (χ3n) is 2.95. The summed E-state index contributed by atoms with van der Waals surface area (Å²) < 4.78 is 23.9. The first kappa shape index (κ1) is 11.0. The predicted molar refractivity (Wildman–Crippen MR) is 70.3 cm³/mol. The number of nitrogens with zero attached hydrogens (tertiary/aromatic N) is 1. The fourth-order valence-electron chi connectivity index (χ4n) is 2.11. The fourth-order valence-corrected chi connectivity index (χ4v) is 4.57. The maximum absolute atomic E-state index is 11.4. The summed E-state index contributed by atoms with van der Waals surface area (Å²) in [5.74, 6) is 1.30. The number of thiophene rings is 1. The standard InChI is InChI=1S/C11H12N2O2S2/c14-17(15)6-3-8(7-17)13-11-9-2-5-16-10(9)1-4-12-11/h1-2,4-5,8H,3,6-7H2,(H,12,13). The van der Waals surface area contributed by atoms with Gasteiger partial charge in [0.25, 0.3) is 0 Å². The number of aromatic nitrogens is 1. The Hall–Kier alpha value is -1.14. The number of hydrogen-bond acceptors (Lipinski definition) is 5. The van der Waals surface area contributed by atoms with Gasteiger partial charge in [0.05, 0.1) is 11.5 Å². The van der Waals surface area contributed by atoms with Crippen molar-refractivity contribution in [3.8, 4) is 0 Å². The molecule has 6 heteroatoms. The molecule has 1 saturated heterocycles. The lowest BCUT2D eigenvalue weighted by Crippen LogP contribution is -2.21. The van der Waals surface area contributed by atoms with Gasteiger partial charge in [0, 0.05) is 22.3 Å². The number of sulfone groups is 1. The van der Waals surface area contributed by atoms with Crippen LogP contribution < -0.4 is 5.32 Å². The second-order valence-electron chi connectivity index (χ2n) is 4.24. The highest BCUT2D eigenvalue weighted by molar-refractivity contribution is 7.91. The predicted octanol–water partition coefficient (Wildman–Crippen LogP) is 1.90. The molecular formula is C11H12N2O2S2. The molecule has 3 heterocycles. The first-order valence-corrected chi connectivity index (χ1v) is 8.13. The second kappa shape index (κ2) is 3.96. The van der Waals surface area contributed by atoms with Gasteiger partial charge in [-0.15, -0.1) is 11.3 Å². The summed E-state index contributed by atoms with van der Waals surface area (Å²) in [6.45, 7) is 0. The van der Waals surface area contributed by atoms with Crippen LogP contribution in [0, 0.1) is 0 Å². The molecule has 0 aromatic carbocycles. The second-order valence-corrected chi connectivity index (χ2v) is 7.41. The van der Waals surface area contributed by atoms with Gasteiger partial charge in [-0.05, 0) is 23.9 Å². The summed E-state index contributed by atoms with van der Waals surface area (Å²) in [6.07, 6.45) is 2.43. The Morgan fingerprint density at radius 1 is 1.41 bits per heavy atom. The van der Waals surface area contributed by atoms with E-state index in [1.165, 1.54) is 4.70 Å². The Morgan fingerprint density at radius 2 is 2.29 bits per heavy atom. The lowest BCUT2D eigenvalue weighted by atomic mass is 10.2. The van der Waals surface area contributed by atoms with E-state index in [1.807, 2.05) is 17.5 Å². The molecule has 1 fully saturated rings. The highest BCUT2D eigenvalue weighted by Crippen LogP contribution is 2.27. The van der Waals surface area contributed by atoms with Gasteiger partial charge in [-0.2, -0.15) is 0 Å². The van der Waals surface area contributed by atoms with Gasteiger partial charge in [0.1, 0.15) is 5.82 Å². The van der Waals surface area contributed by atoms with Crippen LogP contribution in [0.3, 0.4) is 0 Å². The Labute approximate surface area is 104 Å². The minimum absolute atomic E-state index is 0.00185. The van der Waals surface area contributed by atoms with Crippen molar-refractivity contribution >= 4 is 37.1 Å². The van der Waals surface area contributed by atoms with Gasteiger partial charge in [0.2, 0.25) is 0 Å². The molecule has 1 aliphatic rings. The molecule has 90 valence electrons. The molecule has 0 radical (unpaired) electrons. The van der Waals surface area contributed by atoms with E-state index in [1.54, 1.807) is 17.5 Å². The van der Waals surface area contributed by atoms with Crippen molar-refractivity contribution < 1.29 is 8.42 Å². The first-order valence-electron chi connectivity index (χ1n) is 5.43. The quantitative estimate of drug-likeness (QED) is 0.903. The summed E-state index contributed by atoms with van der Waals surface area (Å²) >= 11 is 1.66. The van der Waals surface area contributed by atoms with E-state index >= 15 is 0 Å². The van der Waals surface area contributed by atoms with Crippen LogP contribution in [-0.2, 0) is 9.84 Å². The van der Waals surface area contributed by atoms with Crippen LogP contribution in [0.25, 0.3) is 10.1 Å². The summed E-state index contributed by atoms with van der Waals surface area (Å²) in [6, 6.07) is 3.98. The van der Waals surface area contributed by atoms with Gasteiger partial charge in [0.15, 0.2) is 9.84 Å². The van der Waals surface area contributed by atoms with E-state index in [4.69, 9.17) is 0 Å². The molecule has 2 aromatic heterocycles. The molecule has 1 unspecified atom stereocenters. The molecule has 1 aliphatic heterocycles. The van der Waals surface area contributed by atoms with Crippen molar-refractivity contribution in [2.24, 2.45) is 0 Å². The minimum Gasteiger partial charge on any atom is -0.366 e. The minimum atomic E-state index is -2.84. The van der Waals surface area contributed by atoms with E-state index in [9.17, 15) is 8.42 Å². The lowest BCUT2D eigenvalue weighted by molar-refractivity contribution is 0.602. The van der Waals surface area contributed by atoms with E-state index < -0.39 is 9.84 Å². The lowest BCUT2D eigenvalue weighted by Gasteiger charge is -2.11. The van der Waals surface area contributed by atoms with Crippen LogP contribution in [0.1, 0.15) is 6.42 Å². The zero-order chi connectivity index (χ0) is 11.9. The number of nitrogens with one attached hydrogen (secondary N) is 1. The molecule has 2 aromatic rings. The van der Waals surface area contributed by atoms with Crippen molar-refractivity contribution in [2.75, 3.05) is 16.8 Å². The smallest absolute Gasteiger partial charge is 0.152 e. The van der Waals surface area contributed by atoms with Gasteiger partial charge in [-0.3, -0.25) is 0 Å². The van der Waals surface area contributed by atoms with Crippen molar-refractivity contribution in [2.45, 2.75) is 12.5 Å². The molecule has 17 heavy (non-hydrogen) atoms. The molecule has 3 rings (SSSR count). The largest absolute Gasteiger partial charge is 0.366 e. The molecule has 0 spiro atoms. The highest BCUT2D eigenvalue weighted by atomic mass is 32.2. The molecule has 1 N–H and O–H groups in total. The zero-order valence-corrected chi connectivity index (χ0v) is 10.7. The van der Waals surface area contributed by atoms with Gasteiger partial charge in [-0.25, -0.2) is 13.4 Å². The Kier molecular flexibility index (Phi) is 2.56. The van der Waals surface area contributed by atoms with E-state index in [0.29, 0.717) is 6.42 Å². The summed E-state index contributed by atoms with van der Waals surface area (Å²) in [7, 11) is -2.84. The third-order valence-corrected chi connectivity index (χ3v) is 5.60. The Morgan fingerprint density at radius 3 is 3.06 bits per heavy atom. The number of hydrogen-bond donors (Lipinski definition) is 1. The monoisotopic (exact) mass is 268 g/mol. The van der Waals surface area contributed by atoms with Crippen molar-refractivity contribution in [1.82, 2.24) is 4.98 Å². The number of rotatable bonds is 2. The molecular weight excluding hydrogens is 256 g/mol. The van der Waals surface area contributed by atoms with Crippen molar-refractivity contribution in [1.29, 1.82) is 0 Å². The first-order chi connectivity index (χ1) is 8.14. The number of pyridine rings is 1. The molecule has 0 aliphatic carbocycles. The number of anilines is 1. The van der Waals surface area contributed by atoms with Gasteiger partial charge in [-0.1, -0.05) is 0 Å². The molecule has 1 atom stereocenters. The van der Waals surface area contributed by atoms with Crippen molar-refractivity contribution in [3.05, 3.63) is 23.7 Å². The fraction of sp³-hybridized carbons (Fsp3) is 0.364. The average molecular weight is 268 g/mol. The molecule has 0 saturated carbocycles. The molecule has 0 amide bonds.